The molecule has 1 atom stereocenters. The van der Waals surface area contributed by atoms with Crippen molar-refractivity contribution in [2.24, 2.45) is 0 Å². The molecule has 1 fully saturated rings. The highest BCUT2D eigenvalue weighted by molar-refractivity contribution is 5.78. The number of nitrogens with one attached hydrogen (secondary N) is 1. The van der Waals surface area contributed by atoms with Crippen molar-refractivity contribution >= 4 is 16.6 Å². The Morgan fingerprint density at radius 2 is 2.21 bits per heavy atom. The van der Waals surface area contributed by atoms with E-state index in [0.29, 0.717) is 12.1 Å². The summed E-state index contributed by atoms with van der Waals surface area (Å²) in [5.74, 6) is 1.20. The fourth-order valence-electron chi connectivity index (χ4n) is 2.77. The van der Waals surface area contributed by atoms with Crippen LogP contribution in [0.25, 0.3) is 16.6 Å². The van der Waals surface area contributed by atoms with E-state index in [4.69, 9.17) is 4.74 Å². The summed E-state index contributed by atoms with van der Waals surface area (Å²) >= 11 is 0. The van der Waals surface area contributed by atoms with Gasteiger partial charge in [0.1, 0.15) is 11.3 Å². The summed E-state index contributed by atoms with van der Waals surface area (Å²) in [4.78, 5) is 19.4. The van der Waals surface area contributed by atoms with Gasteiger partial charge in [-0.2, -0.15) is 0 Å². The Labute approximate surface area is 108 Å². The summed E-state index contributed by atoms with van der Waals surface area (Å²) in [7, 11) is 0. The average molecular weight is 255 g/mol. The van der Waals surface area contributed by atoms with E-state index in [2.05, 4.69) is 9.97 Å². The van der Waals surface area contributed by atoms with Crippen LogP contribution in [0.1, 0.15) is 18.2 Å². The SMILES string of the molecule is O=c1[nH]c2ccccc2n2c(C3CCOC3)ncc12. The third-order valence-electron chi connectivity index (χ3n) is 3.71. The van der Waals surface area contributed by atoms with Crippen molar-refractivity contribution in [2.45, 2.75) is 12.3 Å². The Balaban J connectivity index is 2.12. The molecule has 1 aromatic carbocycles. The highest BCUT2D eigenvalue weighted by Crippen LogP contribution is 2.26. The highest BCUT2D eigenvalue weighted by Gasteiger charge is 2.23. The van der Waals surface area contributed by atoms with Gasteiger partial charge in [0.15, 0.2) is 0 Å². The molecule has 0 amide bonds. The van der Waals surface area contributed by atoms with Crippen LogP contribution in [-0.4, -0.2) is 27.6 Å². The van der Waals surface area contributed by atoms with E-state index in [9.17, 15) is 4.79 Å². The fraction of sp³-hybridized carbons (Fsp3) is 0.286. The van der Waals surface area contributed by atoms with E-state index in [0.717, 1.165) is 29.9 Å². The molecule has 1 N–H and O–H groups in total. The molecule has 3 aromatic rings. The minimum absolute atomic E-state index is 0.101. The van der Waals surface area contributed by atoms with E-state index in [1.165, 1.54) is 0 Å². The zero-order chi connectivity index (χ0) is 12.8. The van der Waals surface area contributed by atoms with Crippen molar-refractivity contribution in [1.82, 2.24) is 14.4 Å². The van der Waals surface area contributed by atoms with Crippen LogP contribution in [0.2, 0.25) is 0 Å². The van der Waals surface area contributed by atoms with Gasteiger partial charge in [-0.25, -0.2) is 4.98 Å². The van der Waals surface area contributed by atoms with Crippen molar-refractivity contribution < 1.29 is 4.74 Å². The molecule has 19 heavy (non-hydrogen) atoms. The summed E-state index contributed by atoms with van der Waals surface area (Å²) in [5.41, 5.74) is 2.31. The van der Waals surface area contributed by atoms with Crippen molar-refractivity contribution in [3.8, 4) is 0 Å². The molecule has 0 bridgehead atoms. The standard InChI is InChI=1S/C14H13N3O2/c18-14-12-7-15-13(9-5-6-19-8-9)17(12)11-4-2-1-3-10(11)16-14/h1-4,7,9H,5-6,8H2,(H,16,18). The van der Waals surface area contributed by atoms with Gasteiger partial charge in [0, 0.05) is 12.5 Å². The number of H-pyrrole nitrogens is 1. The third kappa shape index (κ3) is 1.51. The Hall–Kier alpha value is -2.14. The van der Waals surface area contributed by atoms with Gasteiger partial charge in [0.05, 0.1) is 23.8 Å². The molecule has 5 heteroatoms. The lowest BCUT2D eigenvalue weighted by molar-refractivity contribution is 0.193. The quantitative estimate of drug-likeness (QED) is 0.719. The molecule has 4 rings (SSSR count). The second-order valence-corrected chi connectivity index (χ2v) is 4.87. The summed E-state index contributed by atoms with van der Waals surface area (Å²) < 4.78 is 7.40. The molecule has 3 heterocycles. The number of aromatic amines is 1. The van der Waals surface area contributed by atoms with Crippen molar-refractivity contribution in [2.75, 3.05) is 13.2 Å². The van der Waals surface area contributed by atoms with Gasteiger partial charge in [0.25, 0.3) is 5.56 Å². The number of hydrogen-bond donors (Lipinski definition) is 1. The van der Waals surface area contributed by atoms with Gasteiger partial charge >= 0.3 is 0 Å². The number of imidazole rings is 1. The largest absolute Gasteiger partial charge is 0.381 e. The topological polar surface area (TPSA) is 59.4 Å². The molecule has 1 aliphatic rings. The molecule has 2 aromatic heterocycles. The molecule has 1 aliphatic heterocycles. The third-order valence-corrected chi connectivity index (χ3v) is 3.71. The first-order valence-electron chi connectivity index (χ1n) is 6.41. The summed E-state index contributed by atoms with van der Waals surface area (Å²) in [6, 6.07) is 7.79. The molecular weight excluding hydrogens is 242 g/mol. The zero-order valence-corrected chi connectivity index (χ0v) is 10.3. The summed E-state index contributed by atoms with van der Waals surface area (Å²) in [5, 5.41) is 0. The van der Waals surface area contributed by atoms with Gasteiger partial charge in [0.2, 0.25) is 0 Å². The number of hydrogen-bond acceptors (Lipinski definition) is 3. The Bertz CT molecular complexity index is 812. The first-order chi connectivity index (χ1) is 9.34. The number of benzene rings is 1. The first-order valence-corrected chi connectivity index (χ1v) is 6.41. The van der Waals surface area contributed by atoms with Crippen LogP contribution >= 0.6 is 0 Å². The number of nitrogens with zero attached hydrogens (tertiary/aromatic N) is 2. The first kappa shape index (κ1) is 10.8. The second kappa shape index (κ2) is 3.93. The number of ether oxygens (including phenoxy) is 1. The predicted octanol–water partition coefficient (Wildman–Crippen LogP) is 1.68. The monoisotopic (exact) mass is 255 g/mol. The van der Waals surface area contributed by atoms with Crippen LogP contribution in [0, 0.1) is 0 Å². The van der Waals surface area contributed by atoms with E-state index in [1.54, 1.807) is 6.20 Å². The number of fused-ring (bicyclic) bond motifs is 3. The lowest BCUT2D eigenvalue weighted by Crippen LogP contribution is -2.12. The number of para-hydroxylation sites is 2. The summed E-state index contributed by atoms with van der Waals surface area (Å²) in [6.07, 6.45) is 2.61. The van der Waals surface area contributed by atoms with Crippen molar-refractivity contribution in [3.05, 3.63) is 46.6 Å². The number of rotatable bonds is 1. The van der Waals surface area contributed by atoms with Crippen LogP contribution < -0.4 is 5.56 Å². The van der Waals surface area contributed by atoms with Crippen LogP contribution in [0.15, 0.2) is 35.3 Å². The maximum absolute atomic E-state index is 12.1. The van der Waals surface area contributed by atoms with Gasteiger partial charge in [-0.1, -0.05) is 12.1 Å². The van der Waals surface area contributed by atoms with Crippen LogP contribution in [0.5, 0.6) is 0 Å². The molecule has 5 nitrogen and oxygen atoms in total. The van der Waals surface area contributed by atoms with Gasteiger partial charge in [-0.3, -0.25) is 9.20 Å². The maximum Gasteiger partial charge on any atom is 0.274 e. The van der Waals surface area contributed by atoms with E-state index in [1.807, 2.05) is 28.7 Å². The molecule has 1 saturated heterocycles. The van der Waals surface area contributed by atoms with Gasteiger partial charge in [-0.05, 0) is 18.6 Å². The highest BCUT2D eigenvalue weighted by atomic mass is 16.5. The van der Waals surface area contributed by atoms with Crippen LogP contribution in [0.4, 0.5) is 0 Å². The molecule has 1 unspecified atom stereocenters. The van der Waals surface area contributed by atoms with Crippen molar-refractivity contribution in [3.63, 3.8) is 0 Å². The maximum atomic E-state index is 12.1. The molecule has 0 saturated carbocycles. The summed E-state index contributed by atoms with van der Waals surface area (Å²) in [6.45, 7) is 1.45. The minimum Gasteiger partial charge on any atom is -0.381 e. The van der Waals surface area contributed by atoms with E-state index < -0.39 is 0 Å². The lowest BCUT2D eigenvalue weighted by atomic mass is 10.1. The van der Waals surface area contributed by atoms with E-state index >= 15 is 0 Å². The Kier molecular flexibility index (Phi) is 2.22. The average Bonchev–Trinajstić information content (AvgIpc) is 3.08. The Morgan fingerprint density at radius 3 is 3.05 bits per heavy atom. The lowest BCUT2D eigenvalue weighted by Gasteiger charge is -2.09. The van der Waals surface area contributed by atoms with Crippen molar-refractivity contribution in [1.29, 1.82) is 0 Å². The Morgan fingerprint density at radius 1 is 1.32 bits per heavy atom. The fourth-order valence-corrected chi connectivity index (χ4v) is 2.77. The molecule has 0 aliphatic carbocycles. The zero-order valence-electron chi connectivity index (χ0n) is 10.3. The number of aromatic nitrogens is 3. The van der Waals surface area contributed by atoms with Gasteiger partial charge in [-0.15, -0.1) is 0 Å². The van der Waals surface area contributed by atoms with Crippen LogP contribution in [-0.2, 0) is 4.74 Å². The minimum atomic E-state index is -0.101. The normalized spacial score (nSPS) is 19.5. The molecular formula is C14H13N3O2. The van der Waals surface area contributed by atoms with Gasteiger partial charge < -0.3 is 9.72 Å². The van der Waals surface area contributed by atoms with E-state index in [-0.39, 0.29) is 11.5 Å². The van der Waals surface area contributed by atoms with Crippen LogP contribution in [0.3, 0.4) is 0 Å². The predicted molar refractivity (Wildman–Crippen MR) is 71.5 cm³/mol. The smallest absolute Gasteiger partial charge is 0.274 e. The second-order valence-electron chi connectivity index (χ2n) is 4.87. The molecule has 0 spiro atoms. The molecule has 96 valence electrons. The molecule has 0 radical (unpaired) electrons.